The van der Waals surface area contributed by atoms with Gasteiger partial charge in [-0.1, -0.05) is 87.0 Å². The maximum absolute atomic E-state index is 14.8. The number of amides is 4. The molecule has 8 N–H and O–H groups in total. The fraction of sp³-hybridized carbons (Fsp3) is 0.400. The first-order valence-electron chi connectivity index (χ1n) is 24.2. The van der Waals surface area contributed by atoms with E-state index in [9.17, 15) is 43.8 Å². The van der Waals surface area contributed by atoms with Crippen LogP contribution in [0.3, 0.4) is 0 Å². The molecule has 2 aliphatic heterocycles. The van der Waals surface area contributed by atoms with Crippen molar-refractivity contribution in [3.05, 3.63) is 119 Å². The van der Waals surface area contributed by atoms with Crippen LogP contribution in [0.1, 0.15) is 99.7 Å². The molecule has 0 aromatic heterocycles. The van der Waals surface area contributed by atoms with E-state index in [0.717, 1.165) is 11.1 Å². The van der Waals surface area contributed by atoms with Crippen molar-refractivity contribution in [1.82, 2.24) is 20.4 Å². The third kappa shape index (κ3) is 13.1. The van der Waals surface area contributed by atoms with E-state index >= 15 is 0 Å². The van der Waals surface area contributed by atoms with Gasteiger partial charge in [-0.2, -0.15) is 0 Å². The van der Waals surface area contributed by atoms with Crippen molar-refractivity contribution >= 4 is 52.6 Å². The molecule has 0 radical (unpaired) electrons. The van der Waals surface area contributed by atoms with Crippen LogP contribution in [-0.2, 0) is 35.2 Å². The molecule has 4 bridgehead atoms. The molecule has 15 nitrogen and oxygen atoms in total. The van der Waals surface area contributed by atoms with Gasteiger partial charge in [0.2, 0.25) is 23.6 Å². The lowest BCUT2D eigenvalue weighted by atomic mass is 9.87. The van der Waals surface area contributed by atoms with Crippen LogP contribution >= 0.6 is 11.6 Å². The van der Waals surface area contributed by atoms with Gasteiger partial charge in [0.05, 0.1) is 12.1 Å². The van der Waals surface area contributed by atoms with Crippen molar-refractivity contribution < 1.29 is 43.8 Å². The number of fused-ring (bicyclic) bond motifs is 5. The number of aromatic hydroxyl groups is 2. The second-order valence-electron chi connectivity index (χ2n) is 19.1. The van der Waals surface area contributed by atoms with Crippen molar-refractivity contribution in [1.29, 1.82) is 0 Å². The van der Waals surface area contributed by atoms with Crippen molar-refractivity contribution in [3.63, 3.8) is 0 Å². The monoisotopic (exact) mass is 988 g/mol. The number of rotatable bonds is 18. The van der Waals surface area contributed by atoms with E-state index in [2.05, 4.69) is 17.2 Å². The Kier molecular flexibility index (Phi) is 18.0. The third-order valence-electron chi connectivity index (χ3n) is 13.7. The Labute approximate surface area is 420 Å². The maximum atomic E-state index is 14.8. The zero-order valence-electron chi connectivity index (χ0n) is 40.8. The molecule has 4 aromatic rings. The number of carbonyl (C=O) groups is 7. The number of nitrogens with one attached hydrogen (secondary N) is 2. The van der Waals surface area contributed by atoms with Gasteiger partial charge in [0, 0.05) is 78.0 Å². The number of primary amides is 1. The van der Waals surface area contributed by atoms with Crippen LogP contribution in [-0.4, -0.2) is 99.3 Å². The van der Waals surface area contributed by atoms with Crippen LogP contribution in [0.15, 0.2) is 97.2 Å². The molecule has 0 aliphatic carbocycles. The van der Waals surface area contributed by atoms with Crippen molar-refractivity contribution in [2.45, 2.75) is 103 Å². The Morgan fingerprint density at radius 3 is 2.17 bits per heavy atom. The van der Waals surface area contributed by atoms with Gasteiger partial charge in [0.1, 0.15) is 23.6 Å². The third-order valence-corrected chi connectivity index (χ3v) is 13.9. The summed E-state index contributed by atoms with van der Waals surface area (Å²) in [6, 6.07) is 19.8. The topological polar surface area (TPSA) is 243 Å². The van der Waals surface area contributed by atoms with Crippen LogP contribution in [0.4, 0.5) is 0 Å². The average molecular weight is 990 g/mol. The van der Waals surface area contributed by atoms with Crippen LogP contribution < -0.4 is 22.1 Å². The van der Waals surface area contributed by atoms with E-state index < -0.39 is 71.2 Å². The Morgan fingerprint density at radius 2 is 1.52 bits per heavy atom. The molecule has 0 unspecified atom stereocenters. The molecule has 7 atom stereocenters. The van der Waals surface area contributed by atoms with Gasteiger partial charge in [-0.05, 0) is 104 Å². The van der Waals surface area contributed by atoms with Crippen LogP contribution in [0.25, 0.3) is 22.3 Å². The highest BCUT2D eigenvalue weighted by Gasteiger charge is 2.38. The molecule has 4 aromatic carbocycles. The fourth-order valence-corrected chi connectivity index (χ4v) is 9.67. The number of phenols is 2. The molecule has 0 spiro atoms. The molecule has 16 heteroatoms. The second-order valence-corrected chi connectivity index (χ2v) is 19.5. The van der Waals surface area contributed by atoms with Crippen molar-refractivity contribution in [2.75, 3.05) is 20.1 Å². The molecule has 1 saturated heterocycles. The summed E-state index contributed by atoms with van der Waals surface area (Å²) in [5, 5.41) is 29.0. The Bertz CT molecular complexity index is 2660. The summed E-state index contributed by atoms with van der Waals surface area (Å²) in [7, 11) is 1.47. The highest BCUT2D eigenvalue weighted by molar-refractivity contribution is 6.30. The van der Waals surface area contributed by atoms with E-state index in [1.165, 1.54) is 36.2 Å². The molecular weight excluding hydrogens is 924 g/mol. The van der Waals surface area contributed by atoms with Gasteiger partial charge in [0.25, 0.3) is 0 Å². The van der Waals surface area contributed by atoms with Crippen LogP contribution in [0.5, 0.6) is 11.5 Å². The molecule has 2 aliphatic rings. The number of nitrogens with two attached hydrogens (primary N) is 2. The number of hydrogen-bond donors (Lipinski definition) is 6. The SMILES string of the molecule is C=C(N[C@@H](C)C(N)=O)[C@@H]1CCCN1C(=O)[C@H](C)CC(=O)[C@@H]1Cc2ccc(O)c(c2)-c2cc(ccc2O)[C@H](N(C)C(=O)[C@H](CCCCN)CC(=O)c2ccc(-c3ccc(Cl)cc3)cc2)C(=O)C[C@@H](C)C(=O)N1. The number of Topliss-reactive ketones (excluding diaryl/α,β-unsaturated/α-hetero) is 3. The van der Waals surface area contributed by atoms with Gasteiger partial charge in [-0.15, -0.1) is 0 Å². The molecule has 376 valence electrons. The van der Waals surface area contributed by atoms with Gasteiger partial charge in [0.15, 0.2) is 17.3 Å². The number of nitrogens with zero attached hydrogens (tertiary/aromatic N) is 2. The van der Waals surface area contributed by atoms with Crippen molar-refractivity contribution in [2.24, 2.45) is 29.2 Å². The predicted molar refractivity (Wildman–Crippen MR) is 272 cm³/mol. The summed E-state index contributed by atoms with van der Waals surface area (Å²) >= 11 is 6.08. The Hall–Kier alpha value is -6.84. The number of halogens is 1. The number of phenolic OH excluding ortho intramolecular Hbond substituents is 2. The Morgan fingerprint density at radius 1 is 0.887 bits per heavy atom. The summed E-state index contributed by atoms with van der Waals surface area (Å²) in [6.07, 6.45) is 1.90. The zero-order chi connectivity index (χ0) is 51.7. The lowest BCUT2D eigenvalue weighted by Gasteiger charge is -2.32. The summed E-state index contributed by atoms with van der Waals surface area (Å²) in [6.45, 7) is 9.63. The lowest BCUT2D eigenvalue weighted by Crippen LogP contribution is -2.48. The van der Waals surface area contributed by atoms with Gasteiger partial charge in [-0.25, -0.2) is 0 Å². The second kappa shape index (κ2) is 23.8. The number of hydrogen-bond acceptors (Lipinski definition) is 11. The smallest absolute Gasteiger partial charge is 0.239 e. The van der Waals surface area contributed by atoms with E-state index in [4.69, 9.17) is 23.1 Å². The van der Waals surface area contributed by atoms with E-state index in [1.807, 2.05) is 24.3 Å². The minimum absolute atomic E-state index is 0.0470. The van der Waals surface area contributed by atoms with Gasteiger partial charge in [-0.3, -0.25) is 33.6 Å². The number of ketones is 3. The quantitative estimate of drug-likeness (QED) is 0.0447. The van der Waals surface area contributed by atoms with E-state index in [1.54, 1.807) is 62.1 Å². The predicted octanol–water partition coefficient (Wildman–Crippen LogP) is 6.80. The van der Waals surface area contributed by atoms with Crippen molar-refractivity contribution in [3.8, 4) is 33.8 Å². The van der Waals surface area contributed by atoms with E-state index in [0.29, 0.717) is 72.6 Å². The van der Waals surface area contributed by atoms with Gasteiger partial charge >= 0.3 is 0 Å². The highest BCUT2D eigenvalue weighted by Crippen LogP contribution is 2.40. The molecule has 4 amide bonds. The summed E-state index contributed by atoms with van der Waals surface area (Å²) in [4.78, 5) is 100. The van der Waals surface area contributed by atoms with Gasteiger partial charge < -0.3 is 42.1 Å². The molecule has 2 heterocycles. The lowest BCUT2D eigenvalue weighted by molar-refractivity contribution is -0.142. The number of benzene rings is 4. The largest absolute Gasteiger partial charge is 0.507 e. The highest BCUT2D eigenvalue weighted by atomic mass is 35.5. The summed E-state index contributed by atoms with van der Waals surface area (Å²) < 4.78 is 0. The minimum Gasteiger partial charge on any atom is -0.507 e. The summed E-state index contributed by atoms with van der Waals surface area (Å²) in [5.74, 6) is -6.33. The maximum Gasteiger partial charge on any atom is 0.239 e. The molecular formula is C55H65ClN6O9. The molecule has 71 heavy (non-hydrogen) atoms. The summed E-state index contributed by atoms with van der Waals surface area (Å²) in [5.41, 5.74) is 15.1. The van der Waals surface area contributed by atoms with Crippen LogP contribution in [0, 0.1) is 17.8 Å². The van der Waals surface area contributed by atoms with Crippen LogP contribution in [0.2, 0.25) is 5.02 Å². The number of likely N-dealkylation sites (N-methyl/N-ethyl adjacent to an activating group) is 1. The number of unbranched alkanes of at least 4 members (excludes halogenated alkanes) is 1. The molecule has 1 fully saturated rings. The van der Waals surface area contributed by atoms with E-state index in [-0.39, 0.29) is 60.0 Å². The first-order chi connectivity index (χ1) is 33.8. The fourth-order valence-electron chi connectivity index (χ4n) is 9.54. The minimum atomic E-state index is -1.31. The molecule has 6 rings (SSSR count). The normalized spacial score (nSPS) is 19.4. The first kappa shape index (κ1) is 53.5. The number of likely N-dealkylation sites (tertiary alicyclic amines) is 1. The first-order valence-corrected chi connectivity index (χ1v) is 24.6. The molecule has 0 saturated carbocycles. The standard InChI is InChI=1S/C55H65ClN6O9/c1-31-25-50(67)51(61(5)55(71)40(9-6-7-23-57)30-48(65)38-14-12-36(13-15-38)37-16-19-41(56)20-17-37)39-18-22-47(64)43(29-39)42-27-35(11-21-46(42)63)28-44(60-53(31)69)49(66)26-32(2)54(70)62-24-8-10-45(62)33(3)59-34(4)52(58)68/h11-22,27,29,31-32,34,40,44-45,51,59,63-64H,3,6-10,23-26,28,30,57H2,1-2,4-5H3,(H2,58,68)(H,60,69)/t31-,32-,34+,40-,44+,45+,51+/m1/s1. The average Bonchev–Trinajstić information content (AvgIpc) is 3.84. The zero-order valence-corrected chi connectivity index (χ0v) is 41.5. The Balaban J connectivity index is 1.27. The number of carbonyl (C=O) groups excluding carboxylic acids is 7.